The molecular formula is C17H26F3N3O. The maximum Gasteiger partial charge on any atom is 0.390 e. The Hall–Kier alpha value is -1.92. The number of rotatable bonds is 9. The molecule has 0 unspecified atom stereocenters. The van der Waals surface area contributed by atoms with Gasteiger partial charge in [0.1, 0.15) is 5.75 Å². The third-order valence-corrected chi connectivity index (χ3v) is 3.16. The van der Waals surface area contributed by atoms with Crippen molar-refractivity contribution in [1.29, 1.82) is 0 Å². The van der Waals surface area contributed by atoms with Crippen molar-refractivity contribution in [2.75, 3.05) is 26.2 Å². The van der Waals surface area contributed by atoms with Crippen LogP contribution < -0.4 is 15.4 Å². The Morgan fingerprint density at radius 2 is 1.83 bits per heavy atom. The predicted molar refractivity (Wildman–Crippen MR) is 90.6 cm³/mol. The lowest BCUT2D eigenvalue weighted by molar-refractivity contribution is -0.132. The normalized spacial score (nSPS) is 12.1. The molecule has 1 rings (SSSR count). The molecular weight excluding hydrogens is 319 g/mol. The number of halogens is 3. The fourth-order valence-electron chi connectivity index (χ4n) is 1.89. The fourth-order valence-corrected chi connectivity index (χ4v) is 1.89. The lowest BCUT2D eigenvalue weighted by atomic mass is 10.2. The number of aliphatic imine (C=N–C) groups is 1. The number of benzene rings is 1. The van der Waals surface area contributed by atoms with E-state index in [0.717, 1.165) is 18.6 Å². The molecule has 0 radical (unpaired) electrons. The SMILES string of the molecule is CCNC(=NCCCCOc1ccc(C)cc1)NCCC(F)(F)F. The molecule has 0 fully saturated rings. The van der Waals surface area contributed by atoms with Gasteiger partial charge in [0, 0.05) is 19.6 Å². The van der Waals surface area contributed by atoms with Gasteiger partial charge in [-0.15, -0.1) is 0 Å². The number of nitrogens with one attached hydrogen (secondary N) is 2. The minimum absolute atomic E-state index is 0.175. The first-order valence-corrected chi connectivity index (χ1v) is 8.19. The molecule has 0 aliphatic rings. The molecule has 1 aromatic rings. The Morgan fingerprint density at radius 1 is 1.12 bits per heavy atom. The number of nitrogens with zero attached hydrogens (tertiary/aromatic N) is 1. The number of aryl methyl sites for hydroxylation is 1. The second-order valence-corrected chi connectivity index (χ2v) is 5.42. The van der Waals surface area contributed by atoms with Gasteiger partial charge in [0.2, 0.25) is 0 Å². The van der Waals surface area contributed by atoms with Gasteiger partial charge in [0.15, 0.2) is 5.96 Å². The third-order valence-electron chi connectivity index (χ3n) is 3.16. The quantitative estimate of drug-likeness (QED) is 0.408. The van der Waals surface area contributed by atoms with Crippen molar-refractivity contribution >= 4 is 5.96 Å². The van der Waals surface area contributed by atoms with Crippen molar-refractivity contribution < 1.29 is 17.9 Å². The molecule has 0 aliphatic heterocycles. The number of ether oxygens (including phenoxy) is 1. The van der Waals surface area contributed by atoms with Crippen molar-refractivity contribution in [3.63, 3.8) is 0 Å². The van der Waals surface area contributed by atoms with Gasteiger partial charge in [-0.3, -0.25) is 4.99 Å². The van der Waals surface area contributed by atoms with Gasteiger partial charge in [-0.25, -0.2) is 0 Å². The zero-order chi connectivity index (χ0) is 17.8. The number of alkyl halides is 3. The Kier molecular flexibility index (Phi) is 9.04. The van der Waals surface area contributed by atoms with Crippen LogP contribution in [-0.4, -0.2) is 38.4 Å². The predicted octanol–water partition coefficient (Wildman–Crippen LogP) is 3.66. The molecule has 7 heteroatoms. The van der Waals surface area contributed by atoms with Crippen molar-refractivity contribution in [3.05, 3.63) is 29.8 Å². The summed E-state index contributed by atoms with van der Waals surface area (Å²) in [5, 5.41) is 5.62. The van der Waals surface area contributed by atoms with E-state index < -0.39 is 12.6 Å². The van der Waals surface area contributed by atoms with E-state index in [1.807, 2.05) is 38.1 Å². The summed E-state index contributed by atoms with van der Waals surface area (Å²) in [6.07, 6.45) is -3.39. The Labute approximate surface area is 141 Å². The first kappa shape index (κ1) is 20.1. The molecule has 0 bridgehead atoms. The summed E-state index contributed by atoms with van der Waals surface area (Å²) in [4.78, 5) is 4.26. The summed E-state index contributed by atoms with van der Waals surface area (Å²) in [6.45, 7) is 5.46. The Morgan fingerprint density at radius 3 is 2.46 bits per heavy atom. The molecule has 0 aliphatic carbocycles. The van der Waals surface area contributed by atoms with Crippen LogP contribution in [0.5, 0.6) is 5.75 Å². The van der Waals surface area contributed by atoms with Crippen molar-refractivity contribution in [2.24, 2.45) is 4.99 Å². The summed E-state index contributed by atoms with van der Waals surface area (Å²) in [7, 11) is 0. The van der Waals surface area contributed by atoms with E-state index in [2.05, 4.69) is 15.6 Å². The van der Waals surface area contributed by atoms with Crippen LogP contribution in [0.3, 0.4) is 0 Å². The zero-order valence-corrected chi connectivity index (χ0v) is 14.2. The molecule has 0 saturated carbocycles. The van der Waals surface area contributed by atoms with Gasteiger partial charge >= 0.3 is 6.18 Å². The average Bonchev–Trinajstić information content (AvgIpc) is 2.51. The highest BCUT2D eigenvalue weighted by molar-refractivity contribution is 5.79. The molecule has 0 saturated heterocycles. The summed E-state index contributed by atoms with van der Waals surface area (Å²) >= 11 is 0. The number of hydrogen-bond acceptors (Lipinski definition) is 2. The minimum Gasteiger partial charge on any atom is -0.494 e. The van der Waals surface area contributed by atoms with Crippen LogP contribution in [0.2, 0.25) is 0 Å². The second kappa shape index (κ2) is 10.8. The van der Waals surface area contributed by atoms with E-state index in [9.17, 15) is 13.2 Å². The molecule has 0 spiro atoms. The smallest absolute Gasteiger partial charge is 0.390 e. The first-order valence-electron chi connectivity index (χ1n) is 8.19. The highest BCUT2D eigenvalue weighted by Gasteiger charge is 2.26. The van der Waals surface area contributed by atoms with Crippen LogP contribution in [0.15, 0.2) is 29.3 Å². The monoisotopic (exact) mass is 345 g/mol. The Balaban J connectivity index is 2.20. The largest absolute Gasteiger partial charge is 0.494 e. The molecule has 0 atom stereocenters. The van der Waals surface area contributed by atoms with Gasteiger partial charge < -0.3 is 15.4 Å². The standard InChI is InChI=1S/C17H26F3N3O/c1-3-21-16(23-12-10-17(18,19)20)22-11-4-5-13-24-15-8-6-14(2)7-9-15/h6-9H,3-5,10-13H2,1-2H3,(H2,21,22,23). The lowest BCUT2D eigenvalue weighted by Crippen LogP contribution is -2.39. The summed E-state index contributed by atoms with van der Waals surface area (Å²) < 4.78 is 42.0. The van der Waals surface area contributed by atoms with Gasteiger partial charge in [-0.05, 0) is 38.8 Å². The van der Waals surface area contributed by atoms with Crippen LogP contribution >= 0.6 is 0 Å². The molecule has 0 heterocycles. The number of hydrogen-bond donors (Lipinski definition) is 2. The van der Waals surface area contributed by atoms with E-state index in [1.165, 1.54) is 5.56 Å². The van der Waals surface area contributed by atoms with Gasteiger partial charge in [0.05, 0.1) is 13.0 Å². The lowest BCUT2D eigenvalue weighted by Gasteiger charge is -2.12. The molecule has 136 valence electrons. The number of unbranched alkanes of at least 4 members (excludes halogenated alkanes) is 1. The minimum atomic E-state index is -4.16. The van der Waals surface area contributed by atoms with Crippen molar-refractivity contribution in [1.82, 2.24) is 10.6 Å². The van der Waals surface area contributed by atoms with Gasteiger partial charge in [0.25, 0.3) is 0 Å². The molecule has 1 aromatic carbocycles. The molecule has 0 aromatic heterocycles. The van der Waals surface area contributed by atoms with Crippen LogP contribution in [-0.2, 0) is 0 Å². The maximum absolute atomic E-state index is 12.1. The highest BCUT2D eigenvalue weighted by atomic mass is 19.4. The van der Waals surface area contributed by atoms with E-state index in [4.69, 9.17) is 4.74 Å². The van der Waals surface area contributed by atoms with E-state index >= 15 is 0 Å². The second-order valence-electron chi connectivity index (χ2n) is 5.42. The number of guanidine groups is 1. The molecule has 2 N–H and O–H groups in total. The van der Waals surface area contributed by atoms with Crippen LogP contribution in [0.4, 0.5) is 13.2 Å². The maximum atomic E-state index is 12.1. The first-order chi connectivity index (χ1) is 11.4. The molecule has 0 amide bonds. The van der Waals surface area contributed by atoms with Crippen LogP contribution in [0.25, 0.3) is 0 Å². The van der Waals surface area contributed by atoms with Gasteiger partial charge in [-0.1, -0.05) is 17.7 Å². The van der Waals surface area contributed by atoms with Crippen molar-refractivity contribution in [2.45, 2.75) is 39.3 Å². The summed E-state index contributed by atoms with van der Waals surface area (Å²) in [5.41, 5.74) is 1.19. The zero-order valence-electron chi connectivity index (χ0n) is 14.2. The molecule has 24 heavy (non-hydrogen) atoms. The summed E-state index contributed by atoms with van der Waals surface area (Å²) in [6, 6.07) is 7.85. The van der Waals surface area contributed by atoms with Crippen LogP contribution in [0, 0.1) is 6.92 Å². The van der Waals surface area contributed by atoms with E-state index in [-0.39, 0.29) is 6.54 Å². The van der Waals surface area contributed by atoms with Gasteiger partial charge in [-0.2, -0.15) is 13.2 Å². The van der Waals surface area contributed by atoms with Crippen molar-refractivity contribution in [3.8, 4) is 5.75 Å². The molecule has 4 nitrogen and oxygen atoms in total. The topological polar surface area (TPSA) is 45.7 Å². The average molecular weight is 345 g/mol. The van der Waals surface area contributed by atoms with E-state index in [1.54, 1.807) is 0 Å². The van der Waals surface area contributed by atoms with Crippen LogP contribution in [0.1, 0.15) is 31.7 Å². The van der Waals surface area contributed by atoms with E-state index in [0.29, 0.717) is 25.7 Å². The summed E-state index contributed by atoms with van der Waals surface area (Å²) in [5.74, 6) is 1.26. The third kappa shape index (κ3) is 9.97. The highest BCUT2D eigenvalue weighted by Crippen LogP contribution is 2.18. The Bertz CT molecular complexity index is 487. The fraction of sp³-hybridized carbons (Fsp3) is 0.588.